The molecule has 4 rings (SSSR count). The van der Waals surface area contributed by atoms with Crippen LogP contribution in [-0.4, -0.2) is 40.9 Å². The van der Waals surface area contributed by atoms with E-state index in [4.69, 9.17) is 9.15 Å². The van der Waals surface area contributed by atoms with Crippen molar-refractivity contribution in [1.29, 1.82) is 0 Å². The molecule has 0 N–H and O–H groups in total. The van der Waals surface area contributed by atoms with E-state index in [1.54, 1.807) is 12.1 Å². The number of nitrogens with zero attached hydrogens (tertiary/aromatic N) is 3. The molecular weight excluding hydrogens is 309 g/mol. The minimum absolute atomic E-state index is 0.135. The average Bonchev–Trinajstić information content (AvgIpc) is 3.16. The largest absolute Gasteiger partial charge is 0.419 e. The summed E-state index contributed by atoms with van der Waals surface area (Å²) < 4.78 is 24.6. The topological polar surface area (TPSA) is 51.4 Å². The van der Waals surface area contributed by atoms with Crippen molar-refractivity contribution in [3.05, 3.63) is 36.0 Å². The third-order valence-electron chi connectivity index (χ3n) is 5.46. The van der Waals surface area contributed by atoms with Gasteiger partial charge in [0, 0.05) is 29.5 Å². The first-order chi connectivity index (χ1) is 11.5. The van der Waals surface area contributed by atoms with Crippen LogP contribution in [0.5, 0.6) is 0 Å². The molecule has 0 radical (unpaired) electrons. The van der Waals surface area contributed by atoms with E-state index in [1.165, 1.54) is 12.1 Å². The van der Waals surface area contributed by atoms with E-state index in [1.807, 2.05) is 0 Å². The average molecular weight is 331 g/mol. The van der Waals surface area contributed by atoms with Gasteiger partial charge >= 0.3 is 0 Å². The Hall–Kier alpha value is -1.79. The molecule has 2 aromatic rings. The Kier molecular flexibility index (Phi) is 3.69. The molecule has 2 fully saturated rings. The molecule has 0 unspecified atom stereocenters. The van der Waals surface area contributed by atoms with Crippen LogP contribution in [0.4, 0.5) is 4.39 Å². The highest BCUT2D eigenvalue weighted by atomic mass is 19.1. The highest BCUT2D eigenvalue weighted by Gasteiger charge is 2.60. The predicted octanol–water partition coefficient (Wildman–Crippen LogP) is 3.12. The number of rotatable bonds is 4. The molecule has 1 saturated carbocycles. The maximum atomic E-state index is 13.0. The Morgan fingerprint density at radius 2 is 2.00 bits per heavy atom. The maximum Gasteiger partial charge on any atom is 0.247 e. The fourth-order valence-corrected chi connectivity index (χ4v) is 4.53. The summed E-state index contributed by atoms with van der Waals surface area (Å²) in [5, 5.41) is 8.23. The van der Waals surface area contributed by atoms with Crippen molar-refractivity contribution in [1.82, 2.24) is 15.1 Å². The van der Waals surface area contributed by atoms with E-state index < -0.39 is 0 Å². The molecule has 1 saturated heterocycles. The fourth-order valence-electron chi connectivity index (χ4n) is 4.53. The Labute approximate surface area is 140 Å². The number of halogens is 1. The zero-order chi connectivity index (χ0) is 16.9. The van der Waals surface area contributed by atoms with Crippen LogP contribution in [0.2, 0.25) is 0 Å². The van der Waals surface area contributed by atoms with Crippen LogP contribution in [0.1, 0.15) is 26.2 Å². The minimum Gasteiger partial charge on any atom is -0.419 e. The van der Waals surface area contributed by atoms with Crippen LogP contribution in [0.15, 0.2) is 28.7 Å². The molecule has 128 valence electrons. The van der Waals surface area contributed by atoms with Gasteiger partial charge in [-0.05, 0) is 37.7 Å². The first-order valence-corrected chi connectivity index (χ1v) is 8.37. The number of aromatic nitrogens is 2. The molecule has 0 spiro atoms. The van der Waals surface area contributed by atoms with Gasteiger partial charge in [0.25, 0.3) is 0 Å². The zero-order valence-electron chi connectivity index (χ0n) is 14.2. The van der Waals surface area contributed by atoms with Gasteiger partial charge in [-0.3, -0.25) is 4.90 Å². The summed E-state index contributed by atoms with van der Waals surface area (Å²) in [6, 6.07) is 6.52. The van der Waals surface area contributed by atoms with Crippen LogP contribution in [0, 0.1) is 17.2 Å². The van der Waals surface area contributed by atoms with Gasteiger partial charge in [-0.1, -0.05) is 13.8 Å². The monoisotopic (exact) mass is 331 g/mol. The van der Waals surface area contributed by atoms with Gasteiger partial charge in [-0.2, -0.15) is 0 Å². The SMILES string of the molecule is CN(Cc1nnc(-c2ccc(F)cc2)o1)[C@@H]1[C@@H]2CCO[C@H]2C1(C)C. The normalized spacial score (nSPS) is 28.0. The van der Waals surface area contributed by atoms with E-state index in [-0.39, 0.29) is 11.2 Å². The summed E-state index contributed by atoms with van der Waals surface area (Å²) in [5.41, 5.74) is 0.862. The van der Waals surface area contributed by atoms with E-state index >= 15 is 0 Å². The van der Waals surface area contributed by atoms with E-state index in [9.17, 15) is 4.39 Å². The van der Waals surface area contributed by atoms with Crippen molar-refractivity contribution < 1.29 is 13.5 Å². The molecule has 1 aromatic heterocycles. The highest BCUT2D eigenvalue weighted by molar-refractivity contribution is 5.51. The molecule has 0 bridgehead atoms. The second kappa shape index (κ2) is 5.63. The summed E-state index contributed by atoms with van der Waals surface area (Å²) in [7, 11) is 2.10. The molecule has 24 heavy (non-hydrogen) atoms. The van der Waals surface area contributed by atoms with Crippen molar-refractivity contribution in [2.45, 2.75) is 39.0 Å². The van der Waals surface area contributed by atoms with Gasteiger partial charge in [-0.15, -0.1) is 10.2 Å². The minimum atomic E-state index is -0.279. The summed E-state index contributed by atoms with van der Waals surface area (Å²) in [6.07, 6.45) is 1.48. The number of benzene rings is 1. The van der Waals surface area contributed by atoms with E-state index in [0.29, 0.717) is 36.4 Å². The molecular formula is C18H22FN3O2. The van der Waals surface area contributed by atoms with Crippen LogP contribution >= 0.6 is 0 Å². The first kappa shape index (κ1) is 15.7. The highest BCUT2D eigenvalue weighted by Crippen LogP contribution is 2.54. The predicted molar refractivity (Wildman–Crippen MR) is 86.6 cm³/mol. The lowest BCUT2D eigenvalue weighted by Crippen LogP contribution is -2.65. The molecule has 1 aromatic carbocycles. The summed E-state index contributed by atoms with van der Waals surface area (Å²) in [5.74, 6) is 1.31. The van der Waals surface area contributed by atoms with Crippen molar-refractivity contribution in [3.63, 3.8) is 0 Å². The number of hydrogen-bond acceptors (Lipinski definition) is 5. The molecule has 2 heterocycles. The second-order valence-electron chi connectivity index (χ2n) is 7.43. The molecule has 2 aliphatic rings. The Morgan fingerprint density at radius 1 is 1.25 bits per heavy atom. The van der Waals surface area contributed by atoms with Crippen molar-refractivity contribution in [3.8, 4) is 11.5 Å². The lowest BCUT2D eigenvalue weighted by Gasteiger charge is -2.57. The lowest BCUT2D eigenvalue weighted by atomic mass is 9.57. The standard InChI is InChI=1S/C18H22FN3O2/c1-18(2)15(13-8-9-23-16(13)18)22(3)10-14-20-21-17(24-14)11-4-6-12(19)7-5-11/h4-7,13,15-16H,8-10H2,1-3H3/t13-,15+,16+/m0/s1. The van der Waals surface area contributed by atoms with Gasteiger partial charge < -0.3 is 9.15 Å². The molecule has 1 aliphatic heterocycles. The summed E-state index contributed by atoms with van der Waals surface area (Å²) in [4.78, 5) is 2.29. The van der Waals surface area contributed by atoms with Gasteiger partial charge in [0.05, 0.1) is 12.6 Å². The maximum absolute atomic E-state index is 13.0. The zero-order valence-corrected chi connectivity index (χ0v) is 14.2. The van der Waals surface area contributed by atoms with Crippen molar-refractivity contribution in [2.24, 2.45) is 11.3 Å². The second-order valence-corrected chi connectivity index (χ2v) is 7.43. The van der Waals surface area contributed by atoms with Gasteiger partial charge in [-0.25, -0.2) is 4.39 Å². The van der Waals surface area contributed by atoms with Gasteiger partial charge in [0.2, 0.25) is 11.8 Å². The molecule has 3 atom stereocenters. The van der Waals surface area contributed by atoms with Crippen molar-refractivity contribution in [2.75, 3.05) is 13.7 Å². The van der Waals surface area contributed by atoms with Gasteiger partial charge in [0.1, 0.15) is 5.82 Å². The van der Waals surface area contributed by atoms with Gasteiger partial charge in [0.15, 0.2) is 0 Å². The quantitative estimate of drug-likeness (QED) is 0.861. The molecule has 5 nitrogen and oxygen atoms in total. The van der Waals surface area contributed by atoms with Crippen LogP contribution in [0.3, 0.4) is 0 Å². The third-order valence-corrected chi connectivity index (χ3v) is 5.46. The van der Waals surface area contributed by atoms with Crippen LogP contribution in [-0.2, 0) is 11.3 Å². The van der Waals surface area contributed by atoms with Crippen molar-refractivity contribution >= 4 is 0 Å². The fraction of sp³-hybridized carbons (Fsp3) is 0.556. The number of ether oxygens (including phenoxy) is 1. The van der Waals surface area contributed by atoms with E-state index in [2.05, 4.69) is 36.0 Å². The molecule has 0 amide bonds. The third kappa shape index (κ3) is 2.45. The molecule has 1 aliphatic carbocycles. The Morgan fingerprint density at radius 3 is 2.75 bits per heavy atom. The molecule has 6 heteroatoms. The summed E-state index contributed by atoms with van der Waals surface area (Å²) in [6.45, 7) is 5.99. The Balaban J connectivity index is 1.47. The van der Waals surface area contributed by atoms with Crippen LogP contribution < -0.4 is 0 Å². The lowest BCUT2D eigenvalue weighted by molar-refractivity contribution is -0.152. The number of hydrogen-bond donors (Lipinski definition) is 0. The number of fused-ring (bicyclic) bond motifs is 1. The Bertz CT molecular complexity index is 728. The van der Waals surface area contributed by atoms with E-state index in [0.717, 1.165) is 18.6 Å². The van der Waals surface area contributed by atoms with Crippen LogP contribution in [0.25, 0.3) is 11.5 Å². The first-order valence-electron chi connectivity index (χ1n) is 8.37. The smallest absolute Gasteiger partial charge is 0.247 e. The summed E-state index contributed by atoms with van der Waals surface area (Å²) >= 11 is 0.